The molecule has 0 spiro atoms. The minimum absolute atomic E-state index is 0.171. The summed E-state index contributed by atoms with van der Waals surface area (Å²) in [6.45, 7) is 3.33. The summed E-state index contributed by atoms with van der Waals surface area (Å²) in [6, 6.07) is 18.8. The van der Waals surface area contributed by atoms with Crippen LogP contribution in [0.4, 0.5) is 0 Å². The van der Waals surface area contributed by atoms with Crippen molar-refractivity contribution < 1.29 is 19.1 Å². The Morgan fingerprint density at radius 1 is 0.939 bits per heavy atom. The van der Waals surface area contributed by atoms with Crippen molar-refractivity contribution in [1.82, 2.24) is 9.80 Å². The second-order valence-corrected chi connectivity index (χ2v) is 9.88. The fourth-order valence-corrected chi connectivity index (χ4v) is 5.41. The van der Waals surface area contributed by atoms with Gasteiger partial charge in [0.05, 0.1) is 4.34 Å². The first-order chi connectivity index (χ1) is 16.1. The molecule has 0 unspecified atom stereocenters. The average Bonchev–Trinajstić information content (AvgIpc) is 3.25. The van der Waals surface area contributed by atoms with Gasteiger partial charge in [0.25, 0.3) is 5.91 Å². The zero-order valence-electron chi connectivity index (χ0n) is 17.9. The molecule has 0 N–H and O–H groups in total. The van der Waals surface area contributed by atoms with Gasteiger partial charge in [0.15, 0.2) is 6.61 Å². The smallest absolute Gasteiger partial charge is 0.318 e. The monoisotopic (exact) mass is 482 g/mol. The lowest BCUT2D eigenvalue weighted by Gasteiger charge is -2.34. The van der Waals surface area contributed by atoms with E-state index in [0.717, 1.165) is 35.1 Å². The number of benzene rings is 2. The number of carbonyl (C=O) groups is 2. The first kappa shape index (κ1) is 21.9. The Morgan fingerprint density at radius 3 is 2.18 bits per heavy atom. The quantitative estimate of drug-likeness (QED) is 0.500. The Balaban J connectivity index is 1.18. The van der Waals surface area contributed by atoms with Crippen LogP contribution in [0.15, 0.2) is 60.7 Å². The molecule has 1 aromatic heterocycles. The number of hydrogen-bond acceptors (Lipinski definition) is 6. The minimum atomic E-state index is -0.617. The van der Waals surface area contributed by atoms with Crippen molar-refractivity contribution in [3.8, 4) is 11.5 Å². The van der Waals surface area contributed by atoms with Crippen LogP contribution in [0.5, 0.6) is 11.5 Å². The molecule has 1 fully saturated rings. The molecule has 2 aliphatic heterocycles. The van der Waals surface area contributed by atoms with Gasteiger partial charge in [0, 0.05) is 48.7 Å². The molecule has 0 radical (unpaired) electrons. The number of halogens is 1. The number of amides is 1. The molecule has 6 nitrogen and oxygen atoms in total. The zero-order valence-corrected chi connectivity index (χ0v) is 19.5. The number of rotatable bonds is 5. The van der Waals surface area contributed by atoms with E-state index in [0.29, 0.717) is 24.6 Å². The number of para-hydroxylation sites is 2. The van der Waals surface area contributed by atoms with E-state index in [1.807, 2.05) is 60.7 Å². The second-order valence-electron chi connectivity index (χ2n) is 8.08. The van der Waals surface area contributed by atoms with Crippen LogP contribution in [0.1, 0.15) is 21.9 Å². The molecular formula is C25H23ClN2O4S. The van der Waals surface area contributed by atoms with Crippen LogP contribution >= 0.6 is 22.9 Å². The van der Waals surface area contributed by atoms with E-state index < -0.39 is 11.9 Å². The number of piperazine rings is 1. The summed E-state index contributed by atoms with van der Waals surface area (Å²) in [4.78, 5) is 31.1. The molecule has 3 aromatic rings. The van der Waals surface area contributed by atoms with Gasteiger partial charge in [-0.05, 0) is 24.3 Å². The molecular weight excluding hydrogens is 460 g/mol. The lowest BCUT2D eigenvalue weighted by molar-refractivity contribution is -0.153. The third kappa shape index (κ3) is 4.76. The summed E-state index contributed by atoms with van der Waals surface area (Å²) in [5.74, 6) is 0.0317. The predicted octanol–water partition coefficient (Wildman–Crippen LogP) is 4.53. The van der Waals surface area contributed by atoms with Crippen LogP contribution in [0.25, 0.3) is 0 Å². The van der Waals surface area contributed by atoms with Crippen molar-refractivity contribution in [1.29, 1.82) is 0 Å². The van der Waals surface area contributed by atoms with Crippen LogP contribution in [0.3, 0.4) is 0 Å². The van der Waals surface area contributed by atoms with Crippen molar-refractivity contribution in [2.24, 2.45) is 0 Å². The van der Waals surface area contributed by atoms with Crippen molar-refractivity contribution >= 4 is 34.8 Å². The topological polar surface area (TPSA) is 59.1 Å². The fourth-order valence-electron chi connectivity index (χ4n) is 4.28. The van der Waals surface area contributed by atoms with E-state index in [-0.39, 0.29) is 12.5 Å². The van der Waals surface area contributed by atoms with Crippen LogP contribution in [-0.2, 0) is 20.9 Å². The predicted molar refractivity (Wildman–Crippen MR) is 127 cm³/mol. The van der Waals surface area contributed by atoms with Crippen LogP contribution in [0, 0.1) is 0 Å². The molecule has 0 aliphatic carbocycles. The summed E-state index contributed by atoms with van der Waals surface area (Å²) in [5, 5.41) is 0. The Hall–Kier alpha value is -2.87. The lowest BCUT2D eigenvalue weighted by Crippen LogP contribution is -2.49. The van der Waals surface area contributed by atoms with Crippen molar-refractivity contribution in [3.05, 3.63) is 81.0 Å². The zero-order chi connectivity index (χ0) is 22.8. The average molecular weight is 483 g/mol. The maximum absolute atomic E-state index is 13.1. The number of nitrogens with zero attached hydrogens (tertiary/aromatic N) is 2. The molecule has 8 heteroatoms. The molecule has 2 aliphatic rings. The summed E-state index contributed by atoms with van der Waals surface area (Å²) < 4.78 is 12.2. The third-order valence-electron chi connectivity index (χ3n) is 5.99. The molecule has 3 heterocycles. The van der Waals surface area contributed by atoms with Crippen molar-refractivity contribution in [2.45, 2.75) is 12.5 Å². The minimum Gasteiger partial charge on any atom is -0.457 e. The SMILES string of the molecule is O=C(OCC(=O)N1CCN(Cc2ccc(Cl)s2)CC1)C1c2ccccc2Oc2ccccc21. The highest BCUT2D eigenvalue weighted by Crippen LogP contribution is 2.44. The molecule has 1 amide bonds. The highest BCUT2D eigenvalue weighted by atomic mass is 35.5. The van der Waals surface area contributed by atoms with E-state index in [4.69, 9.17) is 21.1 Å². The molecule has 2 aromatic carbocycles. The first-order valence-corrected chi connectivity index (χ1v) is 12.0. The van der Waals surface area contributed by atoms with Gasteiger partial charge in [-0.25, -0.2) is 0 Å². The van der Waals surface area contributed by atoms with E-state index in [1.165, 1.54) is 4.88 Å². The van der Waals surface area contributed by atoms with Crippen LogP contribution < -0.4 is 4.74 Å². The van der Waals surface area contributed by atoms with Gasteiger partial charge in [-0.1, -0.05) is 48.0 Å². The maximum Gasteiger partial charge on any atom is 0.318 e. The molecule has 0 saturated carbocycles. The van der Waals surface area contributed by atoms with E-state index >= 15 is 0 Å². The van der Waals surface area contributed by atoms with Gasteiger partial charge in [0.1, 0.15) is 17.4 Å². The number of thiophene rings is 1. The number of carbonyl (C=O) groups excluding carboxylic acids is 2. The van der Waals surface area contributed by atoms with Crippen molar-refractivity contribution in [2.75, 3.05) is 32.8 Å². The molecule has 33 heavy (non-hydrogen) atoms. The van der Waals surface area contributed by atoms with E-state index in [9.17, 15) is 9.59 Å². The molecule has 1 saturated heterocycles. The van der Waals surface area contributed by atoms with Gasteiger partial charge in [0.2, 0.25) is 0 Å². The van der Waals surface area contributed by atoms with Crippen LogP contribution in [0.2, 0.25) is 4.34 Å². The van der Waals surface area contributed by atoms with Gasteiger partial charge >= 0.3 is 5.97 Å². The molecule has 170 valence electrons. The summed E-state index contributed by atoms with van der Waals surface area (Å²) in [6.07, 6.45) is 0. The molecule has 5 rings (SSSR count). The van der Waals surface area contributed by atoms with Crippen LogP contribution in [-0.4, -0.2) is 54.5 Å². The second kappa shape index (κ2) is 9.55. The largest absolute Gasteiger partial charge is 0.457 e. The van der Waals surface area contributed by atoms with E-state index in [1.54, 1.807) is 16.2 Å². The van der Waals surface area contributed by atoms with Gasteiger partial charge < -0.3 is 14.4 Å². The van der Waals surface area contributed by atoms with Crippen molar-refractivity contribution in [3.63, 3.8) is 0 Å². The first-order valence-electron chi connectivity index (χ1n) is 10.8. The highest BCUT2D eigenvalue weighted by Gasteiger charge is 2.34. The summed E-state index contributed by atoms with van der Waals surface area (Å²) >= 11 is 7.59. The van der Waals surface area contributed by atoms with Gasteiger partial charge in [-0.15, -0.1) is 11.3 Å². The fraction of sp³-hybridized carbons (Fsp3) is 0.280. The number of ether oxygens (including phenoxy) is 2. The van der Waals surface area contributed by atoms with Gasteiger partial charge in [-0.2, -0.15) is 0 Å². The normalized spacial score (nSPS) is 16.0. The maximum atomic E-state index is 13.1. The third-order valence-corrected chi connectivity index (χ3v) is 7.20. The Bertz CT molecular complexity index is 1130. The number of fused-ring (bicyclic) bond motifs is 2. The summed E-state index contributed by atoms with van der Waals surface area (Å²) in [5.41, 5.74) is 1.49. The molecule has 0 atom stereocenters. The standard InChI is InChI=1S/C25H23ClN2O4S/c26-22-10-9-17(33-22)15-27-11-13-28(14-12-27)23(29)16-31-25(30)24-18-5-1-3-7-20(18)32-21-8-4-2-6-19(21)24/h1-10,24H,11-16H2. The highest BCUT2D eigenvalue weighted by molar-refractivity contribution is 7.16. The summed E-state index contributed by atoms with van der Waals surface area (Å²) in [7, 11) is 0. The number of esters is 1. The lowest BCUT2D eigenvalue weighted by atomic mass is 9.88. The Kier molecular flexibility index (Phi) is 6.35. The molecule has 0 bridgehead atoms. The Labute approximate surface area is 201 Å². The number of hydrogen-bond donors (Lipinski definition) is 0. The Morgan fingerprint density at radius 2 is 1.58 bits per heavy atom. The van der Waals surface area contributed by atoms with E-state index in [2.05, 4.69) is 4.90 Å². The van der Waals surface area contributed by atoms with Gasteiger partial charge in [-0.3, -0.25) is 14.5 Å².